The van der Waals surface area contributed by atoms with Crippen LogP contribution in [-0.4, -0.2) is 30.7 Å². The molecule has 0 saturated heterocycles. The first-order chi connectivity index (χ1) is 13.5. The average Bonchev–Trinajstić information content (AvgIpc) is 2.70. The highest BCUT2D eigenvalue weighted by Gasteiger charge is 2.15. The maximum atomic E-state index is 12.3. The Morgan fingerprint density at radius 1 is 1.14 bits per heavy atom. The lowest BCUT2D eigenvalue weighted by Gasteiger charge is -2.17. The number of carbonyl (C=O) groups excluding carboxylic acids is 1. The quantitative estimate of drug-likeness (QED) is 0.646. The molecule has 2 N–H and O–H groups in total. The lowest BCUT2D eigenvalue weighted by molar-refractivity contribution is -0.121. The maximum absolute atomic E-state index is 12.3. The van der Waals surface area contributed by atoms with Crippen molar-refractivity contribution in [2.24, 2.45) is 0 Å². The molecular formula is C22H27NO5. The van der Waals surface area contributed by atoms with Crippen LogP contribution in [0.5, 0.6) is 11.5 Å². The smallest absolute Gasteiger partial charge is 0.335 e. The SMILES string of the molecule is CCCOc1ccc(C(C)NC(=O)CCc2ccccc2C(=O)O)cc1OC. The number of hydrogen-bond donors (Lipinski definition) is 2. The third-order valence-electron chi connectivity index (χ3n) is 4.40. The zero-order chi connectivity index (χ0) is 20.5. The molecule has 2 aromatic rings. The highest BCUT2D eigenvalue weighted by Crippen LogP contribution is 2.30. The molecule has 28 heavy (non-hydrogen) atoms. The number of rotatable bonds is 10. The molecule has 0 fully saturated rings. The van der Waals surface area contributed by atoms with Crippen LogP contribution in [0.1, 0.15) is 54.2 Å². The van der Waals surface area contributed by atoms with Gasteiger partial charge in [0.05, 0.1) is 25.3 Å². The van der Waals surface area contributed by atoms with E-state index in [2.05, 4.69) is 5.32 Å². The minimum absolute atomic E-state index is 0.141. The molecule has 0 heterocycles. The van der Waals surface area contributed by atoms with E-state index in [4.69, 9.17) is 9.47 Å². The molecule has 0 bridgehead atoms. The van der Waals surface area contributed by atoms with Gasteiger partial charge in [0.15, 0.2) is 11.5 Å². The predicted molar refractivity (Wildman–Crippen MR) is 107 cm³/mol. The summed E-state index contributed by atoms with van der Waals surface area (Å²) in [6.07, 6.45) is 1.49. The topological polar surface area (TPSA) is 84.9 Å². The number of carboxylic acids is 1. The molecule has 1 amide bonds. The van der Waals surface area contributed by atoms with Gasteiger partial charge in [-0.1, -0.05) is 31.2 Å². The first kappa shape index (κ1) is 21.3. The lowest BCUT2D eigenvalue weighted by atomic mass is 10.0. The van der Waals surface area contributed by atoms with Crippen molar-refractivity contribution < 1.29 is 24.2 Å². The number of hydrogen-bond acceptors (Lipinski definition) is 4. The molecule has 150 valence electrons. The number of carboxylic acid groups (broad SMARTS) is 1. The van der Waals surface area contributed by atoms with Crippen LogP contribution in [0.15, 0.2) is 42.5 Å². The Labute approximate surface area is 165 Å². The van der Waals surface area contributed by atoms with E-state index in [0.717, 1.165) is 12.0 Å². The lowest BCUT2D eigenvalue weighted by Crippen LogP contribution is -2.27. The molecule has 1 unspecified atom stereocenters. The summed E-state index contributed by atoms with van der Waals surface area (Å²) in [5.74, 6) is 0.180. The number of aromatic carboxylic acids is 1. The molecular weight excluding hydrogens is 358 g/mol. The van der Waals surface area contributed by atoms with Crippen LogP contribution in [0.4, 0.5) is 0 Å². The average molecular weight is 385 g/mol. The van der Waals surface area contributed by atoms with E-state index in [9.17, 15) is 14.7 Å². The van der Waals surface area contributed by atoms with Crippen LogP contribution in [0, 0.1) is 0 Å². The van der Waals surface area contributed by atoms with Gasteiger partial charge in [0.1, 0.15) is 0 Å². The van der Waals surface area contributed by atoms with Gasteiger partial charge in [-0.2, -0.15) is 0 Å². The Bertz CT molecular complexity index is 818. The first-order valence-electron chi connectivity index (χ1n) is 9.37. The van der Waals surface area contributed by atoms with E-state index in [-0.39, 0.29) is 23.9 Å². The van der Waals surface area contributed by atoms with E-state index in [1.165, 1.54) is 0 Å². The number of nitrogens with one attached hydrogen (secondary N) is 1. The molecule has 0 aliphatic carbocycles. The summed E-state index contributed by atoms with van der Waals surface area (Å²) in [5.41, 5.74) is 1.78. The van der Waals surface area contributed by atoms with Crippen molar-refractivity contribution in [1.82, 2.24) is 5.32 Å². The minimum atomic E-state index is -0.984. The molecule has 0 aliphatic heterocycles. The molecule has 0 aromatic heterocycles. The Balaban J connectivity index is 1.98. The van der Waals surface area contributed by atoms with E-state index < -0.39 is 5.97 Å². The summed E-state index contributed by atoms with van der Waals surface area (Å²) >= 11 is 0. The Morgan fingerprint density at radius 3 is 2.57 bits per heavy atom. The van der Waals surface area contributed by atoms with Crippen LogP contribution >= 0.6 is 0 Å². The van der Waals surface area contributed by atoms with Gasteiger partial charge in [-0.15, -0.1) is 0 Å². The summed E-state index contributed by atoms with van der Waals surface area (Å²) in [4.78, 5) is 23.6. The maximum Gasteiger partial charge on any atom is 0.335 e. The zero-order valence-electron chi connectivity index (χ0n) is 16.5. The van der Waals surface area contributed by atoms with Gasteiger partial charge in [0, 0.05) is 6.42 Å². The fraction of sp³-hybridized carbons (Fsp3) is 0.364. The summed E-state index contributed by atoms with van der Waals surface area (Å²) < 4.78 is 11.0. The third kappa shape index (κ3) is 5.74. The van der Waals surface area contributed by atoms with Crippen molar-refractivity contribution in [2.45, 2.75) is 39.2 Å². The van der Waals surface area contributed by atoms with Crippen LogP contribution < -0.4 is 14.8 Å². The second kappa shape index (κ2) is 10.3. The van der Waals surface area contributed by atoms with Gasteiger partial charge < -0.3 is 19.9 Å². The number of methoxy groups -OCH3 is 1. The van der Waals surface area contributed by atoms with Crippen molar-refractivity contribution in [2.75, 3.05) is 13.7 Å². The van der Waals surface area contributed by atoms with E-state index in [1.54, 1.807) is 31.4 Å². The van der Waals surface area contributed by atoms with Crippen molar-refractivity contribution >= 4 is 11.9 Å². The van der Waals surface area contributed by atoms with Gasteiger partial charge in [0.25, 0.3) is 0 Å². The Morgan fingerprint density at radius 2 is 1.89 bits per heavy atom. The first-order valence-corrected chi connectivity index (χ1v) is 9.37. The monoisotopic (exact) mass is 385 g/mol. The molecule has 1 atom stereocenters. The Hall–Kier alpha value is -3.02. The molecule has 0 saturated carbocycles. The van der Waals surface area contributed by atoms with E-state index >= 15 is 0 Å². The van der Waals surface area contributed by atoms with Gasteiger partial charge in [0.2, 0.25) is 5.91 Å². The van der Waals surface area contributed by atoms with Crippen LogP contribution in [0.3, 0.4) is 0 Å². The summed E-state index contributed by atoms with van der Waals surface area (Å²) in [5, 5.41) is 12.2. The van der Waals surface area contributed by atoms with Gasteiger partial charge in [-0.05, 0) is 49.1 Å². The summed E-state index contributed by atoms with van der Waals surface area (Å²) in [6.45, 7) is 4.54. The van der Waals surface area contributed by atoms with Crippen molar-refractivity contribution in [3.8, 4) is 11.5 Å². The molecule has 0 radical (unpaired) electrons. The largest absolute Gasteiger partial charge is 0.493 e. The second-order valence-corrected chi connectivity index (χ2v) is 6.51. The number of ether oxygens (including phenoxy) is 2. The summed E-state index contributed by atoms with van der Waals surface area (Å²) in [6, 6.07) is 12.1. The zero-order valence-corrected chi connectivity index (χ0v) is 16.5. The molecule has 0 aliphatic rings. The van der Waals surface area contributed by atoms with Crippen molar-refractivity contribution in [1.29, 1.82) is 0 Å². The van der Waals surface area contributed by atoms with Crippen LogP contribution in [0.2, 0.25) is 0 Å². The standard InChI is InChI=1S/C22H27NO5/c1-4-13-28-19-11-9-17(14-20(19)27-3)15(2)23-21(24)12-10-16-7-5-6-8-18(16)22(25)26/h5-9,11,14-15H,4,10,12-13H2,1-3H3,(H,23,24)(H,25,26). The number of benzene rings is 2. The van der Waals surface area contributed by atoms with Gasteiger partial charge in [-0.3, -0.25) is 4.79 Å². The second-order valence-electron chi connectivity index (χ2n) is 6.51. The fourth-order valence-electron chi connectivity index (χ4n) is 2.88. The molecule has 2 rings (SSSR count). The number of aryl methyl sites for hydroxylation is 1. The van der Waals surface area contributed by atoms with Crippen molar-refractivity contribution in [3.05, 3.63) is 59.2 Å². The fourth-order valence-corrected chi connectivity index (χ4v) is 2.88. The molecule has 2 aromatic carbocycles. The molecule has 6 heteroatoms. The normalized spacial score (nSPS) is 11.5. The van der Waals surface area contributed by atoms with E-state index in [1.807, 2.05) is 32.0 Å². The third-order valence-corrected chi connectivity index (χ3v) is 4.40. The minimum Gasteiger partial charge on any atom is -0.493 e. The van der Waals surface area contributed by atoms with Crippen LogP contribution in [0.25, 0.3) is 0 Å². The summed E-state index contributed by atoms with van der Waals surface area (Å²) in [7, 11) is 1.58. The number of carbonyl (C=O) groups is 2. The predicted octanol–water partition coefficient (Wildman–Crippen LogP) is 3.99. The highest BCUT2D eigenvalue weighted by molar-refractivity contribution is 5.89. The van der Waals surface area contributed by atoms with Gasteiger partial charge in [-0.25, -0.2) is 4.79 Å². The highest BCUT2D eigenvalue weighted by atomic mass is 16.5. The van der Waals surface area contributed by atoms with Crippen LogP contribution in [-0.2, 0) is 11.2 Å². The van der Waals surface area contributed by atoms with E-state index in [0.29, 0.717) is 30.1 Å². The Kier molecular flexibility index (Phi) is 7.87. The van der Waals surface area contributed by atoms with Crippen molar-refractivity contribution in [3.63, 3.8) is 0 Å². The molecule has 6 nitrogen and oxygen atoms in total. The number of amides is 1. The molecule has 0 spiro atoms. The van der Waals surface area contributed by atoms with Gasteiger partial charge >= 0.3 is 5.97 Å².